The molecule has 1 unspecified atom stereocenters. The number of methoxy groups -OCH3 is 1. The van der Waals surface area contributed by atoms with Crippen LogP contribution in [0.3, 0.4) is 0 Å². The van der Waals surface area contributed by atoms with E-state index in [1.54, 1.807) is 50.6 Å². The Bertz CT molecular complexity index is 1190. The molecule has 31 heavy (non-hydrogen) atoms. The number of urea groups is 1. The van der Waals surface area contributed by atoms with E-state index in [9.17, 15) is 14.4 Å². The number of ether oxygens (including phenoxy) is 1. The molecule has 1 fully saturated rings. The number of carbonyl (C=O) groups is 3. The van der Waals surface area contributed by atoms with Gasteiger partial charge in [0.15, 0.2) is 0 Å². The standard InChI is InChI=1S/C23H22N4O4/c1-14-11-15-5-4-10-24-20(15)18(12-14)25-19(28)13-27-21(29)23(2,26-22(27)30)16-6-8-17(31-3)9-7-16/h4-12H,13H2,1-3H3,(H,25,28)(H,26,30). The van der Waals surface area contributed by atoms with Gasteiger partial charge in [0.2, 0.25) is 5.91 Å². The molecule has 0 bridgehead atoms. The number of nitrogens with zero attached hydrogens (tertiary/aromatic N) is 2. The third-order valence-corrected chi connectivity index (χ3v) is 5.37. The molecular weight excluding hydrogens is 396 g/mol. The average molecular weight is 418 g/mol. The van der Waals surface area contributed by atoms with Crippen LogP contribution in [0.15, 0.2) is 54.7 Å². The first kappa shape index (κ1) is 20.3. The number of aromatic nitrogens is 1. The molecule has 0 spiro atoms. The van der Waals surface area contributed by atoms with Crippen LogP contribution in [0.5, 0.6) is 5.75 Å². The molecule has 8 heteroatoms. The van der Waals surface area contributed by atoms with E-state index in [4.69, 9.17) is 4.74 Å². The number of aryl methyl sites for hydroxylation is 1. The van der Waals surface area contributed by atoms with E-state index in [0.717, 1.165) is 15.8 Å². The van der Waals surface area contributed by atoms with Crippen molar-refractivity contribution in [3.05, 3.63) is 65.9 Å². The van der Waals surface area contributed by atoms with Crippen LogP contribution in [0.1, 0.15) is 18.1 Å². The number of fused-ring (bicyclic) bond motifs is 1. The Kier molecular flexibility index (Phi) is 5.06. The summed E-state index contributed by atoms with van der Waals surface area (Å²) in [6, 6.07) is 13.7. The van der Waals surface area contributed by atoms with Gasteiger partial charge in [-0.2, -0.15) is 0 Å². The normalized spacial score (nSPS) is 18.2. The summed E-state index contributed by atoms with van der Waals surface area (Å²) in [6.07, 6.45) is 1.64. The van der Waals surface area contributed by atoms with Gasteiger partial charge in [0.05, 0.1) is 18.3 Å². The van der Waals surface area contributed by atoms with Gasteiger partial charge in [-0.25, -0.2) is 4.79 Å². The Morgan fingerprint density at radius 3 is 2.65 bits per heavy atom. The molecule has 0 saturated carbocycles. The second-order valence-corrected chi connectivity index (χ2v) is 7.61. The highest BCUT2D eigenvalue weighted by atomic mass is 16.5. The van der Waals surface area contributed by atoms with Crippen molar-refractivity contribution in [1.82, 2.24) is 15.2 Å². The summed E-state index contributed by atoms with van der Waals surface area (Å²) in [7, 11) is 1.55. The van der Waals surface area contributed by atoms with Crippen LogP contribution in [-0.4, -0.2) is 41.4 Å². The fourth-order valence-corrected chi connectivity index (χ4v) is 3.73. The summed E-state index contributed by atoms with van der Waals surface area (Å²) >= 11 is 0. The number of amides is 4. The zero-order chi connectivity index (χ0) is 22.2. The van der Waals surface area contributed by atoms with Crippen LogP contribution < -0.4 is 15.4 Å². The summed E-state index contributed by atoms with van der Waals surface area (Å²) in [5.41, 5.74) is 1.47. The quantitative estimate of drug-likeness (QED) is 0.621. The van der Waals surface area contributed by atoms with Gasteiger partial charge in [-0.15, -0.1) is 0 Å². The van der Waals surface area contributed by atoms with E-state index in [1.807, 2.05) is 25.1 Å². The Morgan fingerprint density at radius 1 is 1.19 bits per heavy atom. The van der Waals surface area contributed by atoms with E-state index >= 15 is 0 Å². The van der Waals surface area contributed by atoms with Gasteiger partial charge in [0, 0.05) is 11.6 Å². The van der Waals surface area contributed by atoms with Crippen molar-refractivity contribution in [1.29, 1.82) is 0 Å². The van der Waals surface area contributed by atoms with Gasteiger partial charge in [-0.05, 0) is 55.3 Å². The van der Waals surface area contributed by atoms with Crippen LogP contribution >= 0.6 is 0 Å². The van der Waals surface area contributed by atoms with Crippen molar-refractivity contribution >= 4 is 34.4 Å². The minimum Gasteiger partial charge on any atom is -0.497 e. The highest BCUT2D eigenvalue weighted by Gasteiger charge is 2.49. The molecule has 1 aromatic heterocycles. The Morgan fingerprint density at radius 2 is 1.94 bits per heavy atom. The monoisotopic (exact) mass is 418 g/mol. The zero-order valence-corrected chi connectivity index (χ0v) is 17.4. The number of hydrogen-bond acceptors (Lipinski definition) is 5. The molecule has 2 heterocycles. The van der Waals surface area contributed by atoms with Crippen LogP contribution in [0, 0.1) is 6.92 Å². The highest BCUT2D eigenvalue weighted by molar-refractivity contribution is 6.11. The van der Waals surface area contributed by atoms with Gasteiger partial charge in [0.1, 0.15) is 17.8 Å². The van der Waals surface area contributed by atoms with Crippen LogP contribution in [0.4, 0.5) is 10.5 Å². The molecule has 2 N–H and O–H groups in total. The lowest BCUT2D eigenvalue weighted by atomic mass is 9.92. The topological polar surface area (TPSA) is 101 Å². The molecule has 158 valence electrons. The third-order valence-electron chi connectivity index (χ3n) is 5.37. The van der Waals surface area contributed by atoms with Crippen LogP contribution in [0.25, 0.3) is 10.9 Å². The molecule has 4 rings (SSSR count). The molecule has 1 aliphatic heterocycles. The number of pyridine rings is 1. The summed E-state index contributed by atoms with van der Waals surface area (Å²) < 4.78 is 5.14. The summed E-state index contributed by atoms with van der Waals surface area (Å²) in [5.74, 6) is -0.343. The highest BCUT2D eigenvalue weighted by Crippen LogP contribution is 2.30. The first-order chi connectivity index (χ1) is 14.8. The van der Waals surface area contributed by atoms with Crippen molar-refractivity contribution in [2.75, 3.05) is 19.0 Å². The maximum atomic E-state index is 13.1. The van der Waals surface area contributed by atoms with E-state index < -0.39 is 29.9 Å². The number of rotatable bonds is 5. The molecular formula is C23H22N4O4. The minimum absolute atomic E-state index is 0.404. The molecule has 1 saturated heterocycles. The van der Waals surface area contributed by atoms with E-state index in [0.29, 0.717) is 22.5 Å². The Hall–Kier alpha value is -3.94. The van der Waals surface area contributed by atoms with Crippen molar-refractivity contribution in [2.24, 2.45) is 0 Å². The predicted molar refractivity (Wildman–Crippen MR) is 116 cm³/mol. The van der Waals surface area contributed by atoms with Gasteiger partial charge in [-0.1, -0.05) is 18.2 Å². The largest absolute Gasteiger partial charge is 0.497 e. The van der Waals surface area contributed by atoms with Gasteiger partial charge < -0.3 is 15.4 Å². The Labute approximate surface area is 179 Å². The molecule has 0 radical (unpaired) electrons. The van der Waals surface area contributed by atoms with Crippen LogP contribution in [-0.2, 0) is 15.1 Å². The smallest absolute Gasteiger partial charge is 0.325 e. The average Bonchev–Trinajstić information content (AvgIpc) is 2.97. The number of anilines is 1. The molecule has 8 nitrogen and oxygen atoms in total. The van der Waals surface area contributed by atoms with E-state index in [1.165, 1.54) is 0 Å². The van der Waals surface area contributed by atoms with Crippen LogP contribution in [0.2, 0.25) is 0 Å². The lowest BCUT2D eigenvalue weighted by Gasteiger charge is -2.22. The second-order valence-electron chi connectivity index (χ2n) is 7.61. The molecule has 3 aromatic rings. The molecule has 1 aliphatic rings. The fraction of sp³-hybridized carbons (Fsp3) is 0.217. The minimum atomic E-state index is -1.26. The number of carbonyl (C=O) groups excluding carboxylic acids is 3. The summed E-state index contributed by atoms with van der Waals surface area (Å²) in [6.45, 7) is 3.13. The van der Waals surface area contributed by atoms with Crippen molar-refractivity contribution in [3.8, 4) is 5.75 Å². The second kappa shape index (κ2) is 7.71. The SMILES string of the molecule is COc1ccc(C2(C)NC(=O)N(CC(=O)Nc3cc(C)cc4cccnc34)C2=O)cc1. The molecule has 0 aliphatic carbocycles. The first-order valence-corrected chi connectivity index (χ1v) is 9.75. The fourth-order valence-electron chi connectivity index (χ4n) is 3.73. The lowest BCUT2D eigenvalue weighted by Crippen LogP contribution is -2.42. The summed E-state index contributed by atoms with van der Waals surface area (Å²) in [5, 5.41) is 6.37. The summed E-state index contributed by atoms with van der Waals surface area (Å²) in [4.78, 5) is 43.6. The van der Waals surface area contributed by atoms with E-state index in [-0.39, 0.29) is 0 Å². The van der Waals surface area contributed by atoms with Crippen molar-refractivity contribution in [3.63, 3.8) is 0 Å². The molecule has 4 amide bonds. The third kappa shape index (κ3) is 3.68. The number of benzene rings is 2. The lowest BCUT2D eigenvalue weighted by molar-refractivity contribution is -0.133. The van der Waals surface area contributed by atoms with Gasteiger partial charge in [0.25, 0.3) is 5.91 Å². The maximum absolute atomic E-state index is 13.1. The number of imide groups is 1. The maximum Gasteiger partial charge on any atom is 0.325 e. The van der Waals surface area contributed by atoms with E-state index in [2.05, 4.69) is 15.6 Å². The van der Waals surface area contributed by atoms with Gasteiger partial charge >= 0.3 is 6.03 Å². The number of nitrogens with one attached hydrogen (secondary N) is 2. The number of hydrogen-bond donors (Lipinski definition) is 2. The first-order valence-electron chi connectivity index (χ1n) is 9.75. The zero-order valence-electron chi connectivity index (χ0n) is 17.4. The molecule has 2 aromatic carbocycles. The molecule has 1 atom stereocenters. The van der Waals surface area contributed by atoms with Crippen molar-refractivity contribution < 1.29 is 19.1 Å². The van der Waals surface area contributed by atoms with Crippen molar-refractivity contribution in [2.45, 2.75) is 19.4 Å². The Balaban J connectivity index is 1.54. The predicted octanol–water partition coefficient (Wildman–Crippen LogP) is 2.96. The van der Waals surface area contributed by atoms with Gasteiger partial charge in [-0.3, -0.25) is 19.5 Å².